The second-order valence-corrected chi connectivity index (χ2v) is 5.69. The van der Waals surface area contributed by atoms with E-state index in [1.807, 2.05) is 20.8 Å². The number of halogens is 1. The number of aromatic nitrogens is 2. The van der Waals surface area contributed by atoms with Gasteiger partial charge in [-0.1, -0.05) is 33.1 Å². The van der Waals surface area contributed by atoms with E-state index in [4.69, 9.17) is 22.0 Å². The van der Waals surface area contributed by atoms with Gasteiger partial charge in [0.2, 0.25) is 6.08 Å². The molecule has 0 aliphatic heterocycles. The first-order valence-corrected chi connectivity index (χ1v) is 8.22. The van der Waals surface area contributed by atoms with Gasteiger partial charge in [0, 0.05) is 95.9 Å². The Hall–Kier alpha value is 0.647. The van der Waals surface area contributed by atoms with E-state index in [2.05, 4.69) is 20.9 Å². The summed E-state index contributed by atoms with van der Waals surface area (Å²) in [5.74, 6) is 2.60. The third-order valence-corrected chi connectivity index (χ3v) is 3.70. The van der Waals surface area contributed by atoms with Crippen LogP contribution in [0.1, 0.15) is 45.7 Å². The number of hydrogen-bond acceptors (Lipinski definition) is 5. The number of hydrogen-bond donors (Lipinski definition) is 1. The van der Waals surface area contributed by atoms with Crippen molar-refractivity contribution in [3.8, 4) is 12.3 Å². The molecule has 0 fully saturated rings. The van der Waals surface area contributed by atoms with Crippen molar-refractivity contribution in [2.24, 2.45) is 10.9 Å². The molecule has 2 unspecified atom stereocenters. The molecule has 0 amide bonds. The molecular formula is C18H30FN4O3Pr2-. The third kappa shape index (κ3) is 13.1. The largest absolute Gasteiger partial charge is 0.480 e. The minimum absolute atomic E-state index is 0. The van der Waals surface area contributed by atoms with Gasteiger partial charge in [0.25, 0.3) is 0 Å². The number of rotatable bonds is 7. The SMILES string of the molecule is C#CC(CO)(CCC)OC.CCC(C)C=Nc1c(C)nc(F)nc1[NH-].O.[Pr].[Pr]. The summed E-state index contributed by atoms with van der Waals surface area (Å²) in [7, 11) is 1.52. The molecule has 10 heteroatoms. The van der Waals surface area contributed by atoms with Gasteiger partial charge in [-0.15, -0.1) is 6.42 Å². The van der Waals surface area contributed by atoms with Crippen molar-refractivity contribution in [3.63, 3.8) is 0 Å². The minimum Gasteiger partial charge on any atom is -0.480 e. The fourth-order valence-electron chi connectivity index (χ4n) is 1.82. The number of aryl methyl sites for hydroxylation is 1. The van der Waals surface area contributed by atoms with Crippen LogP contribution in [0.15, 0.2) is 4.99 Å². The average molecular weight is 651 g/mol. The molecule has 0 aliphatic rings. The Morgan fingerprint density at radius 2 is 1.96 bits per heavy atom. The normalized spacial score (nSPS) is 12.8. The molecule has 0 saturated heterocycles. The molecule has 1 aromatic rings. The maximum absolute atomic E-state index is 12.7. The first-order valence-electron chi connectivity index (χ1n) is 8.22. The van der Waals surface area contributed by atoms with Crippen LogP contribution < -0.4 is 0 Å². The van der Waals surface area contributed by atoms with Gasteiger partial charge in [-0.2, -0.15) is 4.39 Å². The summed E-state index contributed by atoms with van der Waals surface area (Å²) in [5, 5.41) is 8.84. The van der Waals surface area contributed by atoms with E-state index in [9.17, 15) is 4.39 Å². The van der Waals surface area contributed by atoms with Gasteiger partial charge < -0.3 is 26.0 Å². The predicted octanol–water partition coefficient (Wildman–Crippen LogP) is 3.33. The zero-order valence-electron chi connectivity index (χ0n) is 17.3. The van der Waals surface area contributed by atoms with Crippen LogP contribution in [-0.2, 0) is 4.74 Å². The quantitative estimate of drug-likeness (QED) is 0.276. The van der Waals surface area contributed by atoms with Crippen molar-refractivity contribution in [3.05, 3.63) is 17.5 Å². The number of ether oxygens (including phenoxy) is 1. The first-order chi connectivity index (χ1) is 11.8. The van der Waals surface area contributed by atoms with Crippen molar-refractivity contribution in [1.29, 1.82) is 0 Å². The Bertz CT molecular complexity index is 586. The number of terminal acetylenes is 1. The summed E-state index contributed by atoms with van der Waals surface area (Å²) >= 11 is 0. The van der Waals surface area contributed by atoms with Gasteiger partial charge in [-0.3, -0.25) is 4.99 Å². The van der Waals surface area contributed by atoms with Crippen LogP contribution in [0.3, 0.4) is 0 Å². The molecular weight excluding hydrogens is 621 g/mol. The maximum atomic E-state index is 12.7. The van der Waals surface area contributed by atoms with Crippen molar-refractivity contribution in [2.45, 2.75) is 52.6 Å². The summed E-state index contributed by atoms with van der Waals surface area (Å²) in [6.07, 6.45) is 8.63. The summed E-state index contributed by atoms with van der Waals surface area (Å²) < 4.78 is 17.7. The summed E-state index contributed by atoms with van der Waals surface area (Å²) in [5.41, 5.74) is 7.45. The number of nitrogens with one attached hydrogen (secondary N) is 1. The smallest absolute Gasteiger partial charge is 0.206 e. The van der Waals surface area contributed by atoms with Gasteiger partial charge >= 0.3 is 0 Å². The van der Waals surface area contributed by atoms with Crippen molar-refractivity contribution >= 4 is 17.7 Å². The number of aliphatic imine (C=N–C) groups is 1. The molecule has 154 valence electrons. The van der Waals surface area contributed by atoms with Crippen LogP contribution in [0, 0.1) is 114 Å². The molecule has 1 aromatic heterocycles. The Balaban J connectivity index is -0.000000198. The van der Waals surface area contributed by atoms with Crippen molar-refractivity contribution in [2.75, 3.05) is 13.7 Å². The predicted molar refractivity (Wildman–Crippen MR) is 102 cm³/mol. The zero-order chi connectivity index (χ0) is 19.5. The molecule has 2 radical (unpaired) electrons. The Labute approximate surface area is 234 Å². The zero-order valence-corrected chi connectivity index (χ0v) is 24.7. The Morgan fingerprint density at radius 3 is 2.29 bits per heavy atom. The molecule has 0 spiro atoms. The molecule has 1 heterocycles. The molecule has 2 atom stereocenters. The Kier molecular flexibility index (Phi) is 25.2. The summed E-state index contributed by atoms with van der Waals surface area (Å²) in [4.78, 5) is 11.0. The van der Waals surface area contributed by atoms with E-state index in [0.29, 0.717) is 23.7 Å². The molecule has 0 aliphatic carbocycles. The second-order valence-electron chi connectivity index (χ2n) is 5.69. The fraction of sp³-hybridized carbons (Fsp3) is 0.611. The van der Waals surface area contributed by atoms with E-state index in [-0.39, 0.29) is 100 Å². The van der Waals surface area contributed by atoms with Gasteiger partial charge in [0.05, 0.1) is 18.0 Å². The van der Waals surface area contributed by atoms with Crippen LogP contribution in [0.5, 0.6) is 0 Å². The Morgan fingerprint density at radius 1 is 1.39 bits per heavy atom. The topological polar surface area (TPSA) is 123 Å². The fourth-order valence-corrected chi connectivity index (χ4v) is 1.82. The van der Waals surface area contributed by atoms with E-state index in [1.54, 1.807) is 13.1 Å². The van der Waals surface area contributed by atoms with Crippen molar-refractivity contribution in [1.82, 2.24) is 9.97 Å². The van der Waals surface area contributed by atoms with Crippen LogP contribution in [0.4, 0.5) is 15.9 Å². The standard InChI is InChI=1S/C10H14FN4.C8H14O2.H2O.2Pr/c1-4-6(2)5-13-8-7(3)14-10(11)15-9(8)12;1-4-6-8(5-2,7-9)10-3;;;/h5-6H,4H2,1-3H3,(H-,12,14,15);2,9H,4,6-7H2,1,3H3;1H2;;/q-1;;;;. The number of methoxy groups -OCH3 is 1. The molecule has 28 heavy (non-hydrogen) atoms. The number of aliphatic hydroxyl groups excluding tert-OH is 1. The number of aliphatic hydroxyl groups is 1. The van der Waals surface area contributed by atoms with E-state index in [0.717, 1.165) is 12.8 Å². The summed E-state index contributed by atoms with van der Waals surface area (Å²) in [6, 6.07) is 0. The van der Waals surface area contributed by atoms with Crippen molar-refractivity contribution < 1.29 is 102 Å². The average Bonchev–Trinajstić information content (AvgIpc) is 2.59. The molecule has 0 bridgehead atoms. The van der Waals surface area contributed by atoms with Crippen LogP contribution in [0.25, 0.3) is 5.73 Å². The molecule has 7 nitrogen and oxygen atoms in total. The minimum atomic E-state index is -0.875. The third-order valence-electron chi connectivity index (χ3n) is 3.70. The van der Waals surface area contributed by atoms with Gasteiger partial charge in [0.1, 0.15) is 0 Å². The van der Waals surface area contributed by atoms with E-state index in [1.165, 1.54) is 7.11 Å². The molecule has 4 N–H and O–H groups in total. The van der Waals surface area contributed by atoms with E-state index < -0.39 is 11.7 Å². The second kappa shape index (κ2) is 19.6. The van der Waals surface area contributed by atoms with Crippen LogP contribution in [0.2, 0.25) is 0 Å². The first kappa shape index (κ1) is 36.0. The van der Waals surface area contributed by atoms with Gasteiger partial charge in [-0.05, 0) is 31.5 Å². The van der Waals surface area contributed by atoms with Crippen LogP contribution >= 0.6 is 0 Å². The molecule has 1 rings (SSSR count). The summed E-state index contributed by atoms with van der Waals surface area (Å²) in [6.45, 7) is 7.58. The molecule has 0 saturated carbocycles. The van der Waals surface area contributed by atoms with E-state index >= 15 is 0 Å². The van der Waals surface area contributed by atoms with Crippen LogP contribution in [-0.4, -0.2) is 46.1 Å². The van der Waals surface area contributed by atoms with Gasteiger partial charge in [-0.25, -0.2) is 4.98 Å². The molecule has 0 aromatic carbocycles. The van der Waals surface area contributed by atoms with Gasteiger partial charge in [0.15, 0.2) is 5.60 Å². The maximum Gasteiger partial charge on any atom is 0.206 e. The number of nitrogens with zero attached hydrogens (tertiary/aromatic N) is 3. The monoisotopic (exact) mass is 651 g/mol.